The van der Waals surface area contributed by atoms with Crippen LogP contribution < -0.4 is 10.5 Å². The van der Waals surface area contributed by atoms with Crippen LogP contribution in [-0.4, -0.2) is 34.7 Å². The average Bonchev–Trinajstić information content (AvgIpc) is 3.21. The van der Waals surface area contributed by atoms with E-state index in [9.17, 15) is 0 Å². The molecule has 28 heavy (non-hydrogen) atoms. The number of anilines is 1. The van der Waals surface area contributed by atoms with Crippen LogP contribution in [0.15, 0.2) is 49.3 Å². The summed E-state index contributed by atoms with van der Waals surface area (Å²) in [5, 5.41) is 0.955. The molecule has 2 aromatic heterocycles. The summed E-state index contributed by atoms with van der Waals surface area (Å²) in [6.45, 7) is 10.4. The van der Waals surface area contributed by atoms with E-state index in [1.54, 1.807) is 7.11 Å². The van der Waals surface area contributed by atoms with Crippen molar-refractivity contribution in [3.05, 3.63) is 54.9 Å². The Morgan fingerprint density at radius 1 is 1.07 bits per heavy atom. The normalized spacial score (nSPS) is 13.8. The largest absolute Gasteiger partial charge is 0.497 e. The minimum absolute atomic E-state index is 0.748. The van der Waals surface area contributed by atoms with E-state index in [0.717, 1.165) is 52.5 Å². The number of pyridine rings is 1. The van der Waals surface area contributed by atoms with Gasteiger partial charge in [0.15, 0.2) is 0 Å². The van der Waals surface area contributed by atoms with Gasteiger partial charge in [0.05, 0.1) is 12.8 Å². The number of aromatic nitrogens is 2. The van der Waals surface area contributed by atoms with Crippen molar-refractivity contribution in [1.29, 1.82) is 0 Å². The van der Waals surface area contributed by atoms with Gasteiger partial charge in [0.25, 0.3) is 0 Å². The smallest absolute Gasteiger partial charge is 0.146 e. The maximum absolute atomic E-state index is 6.50. The Hall–Kier alpha value is -2.95. The summed E-state index contributed by atoms with van der Waals surface area (Å²) in [5.41, 5.74) is 11.0. The summed E-state index contributed by atoms with van der Waals surface area (Å²) in [6.07, 6.45) is 7.57. The number of nitrogen functional groups attached to an aromatic ring is 1. The highest BCUT2D eigenvalue weighted by Crippen LogP contribution is 2.32. The minimum Gasteiger partial charge on any atom is -0.497 e. The first-order valence-electron chi connectivity index (χ1n) is 10.0. The fourth-order valence-electron chi connectivity index (χ4n) is 3.62. The van der Waals surface area contributed by atoms with E-state index >= 15 is 0 Å². The molecule has 1 saturated heterocycles. The highest BCUT2D eigenvalue weighted by molar-refractivity contribution is 5.95. The summed E-state index contributed by atoms with van der Waals surface area (Å²) in [7, 11) is 1.67. The summed E-state index contributed by atoms with van der Waals surface area (Å²) in [4.78, 5) is 7.02. The molecule has 0 amide bonds. The number of hydrogen-bond acceptors (Lipinski definition) is 4. The number of nitrogens with two attached hydrogens (primary N) is 1. The van der Waals surface area contributed by atoms with Crippen LogP contribution >= 0.6 is 0 Å². The molecule has 0 bridgehead atoms. The van der Waals surface area contributed by atoms with Gasteiger partial charge in [0, 0.05) is 47.8 Å². The van der Waals surface area contributed by atoms with E-state index in [0.29, 0.717) is 0 Å². The minimum atomic E-state index is 0.748. The number of rotatable bonds is 4. The zero-order valence-electron chi connectivity index (χ0n) is 17.1. The van der Waals surface area contributed by atoms with E-state index < -0.39 is 0 Å². The lowest BCUT2D eigenvalue weighted by molar-refractivity contribution is 0.326. The van der Waals surface area contributed by atoms with E-state index in [1.165, 1.54) is 19.3 Å². The average molecular weight is 379 g/mol. The van der Waals surface area contributed by atoms with E-state index in [1.807, 2.05) is 61.1 Å². The van der Waals surface area contributed by atoms with Gasteiger partial charge in [-0.2, -0.15) is 0 Å². The van der Waals surface area contributed by atoms with Crippen LogP contribution in [0.1, 0.15) is 38.7 Å². The molecule has 2 N–H and O–H groups in total. The second-order valence-electron chi connectivity index (χ2n) is 6.70. The monoisotopic (exact) mass is 378 g/mol. The Bertz CT molecular complexity index is 937. The second-order valence-corrected chi connectivity index (χ2v) is 6.70. The first kappa shape index (κ1) is 19.8. The third kappa shape index (κ3) is 3.70. The van der Waals surface area contributed by atoms with E-state index in [2.05, 4.69) is 11.5 Å². The predicted octanol–water partition coefficient (Wildman–Crippen LogP) is 5.10. The number of benzene rings is 1. The summed E-state index contributed by atoms with van der Waals surface area (Å²) < 4.78 is 7.27. The van der Waals surface area contributed by atoms with Crippen LogP contribution in [0, 0.1) is 0 Å². The lowest BCUT2D eigenvalue weighted by atomic mass is 10.1. The lowest BCUT2D eigenvalue weighted by Gasteiger charge is -2.31. The molecule has 0 spiro atoms. The summed E-state index contributed by atoms with van der Waals surface area (Å²) >= 11 is 0. The van der Waals surface area contributed by atoms with Gasteiger partial charge in [0.1, 0.15) is 11.4 Å². The first-order chi connectivity index (χ1) is 13.7. The van der Waals surface area contributed by atoms with Gasteiger partial charge in [-0.3, -0.25) is 0 Å². The second kappa shape index (κ2) is 8.83. The molecule has 3 aromatic rings. The number of methoxy groups -OCH3 is 1. The summed E-state index contributed by atoms with van der Waals surface area (Å²) in [6, 6.07) is 9.93. The van der Waals surface area contributed by atoms with Gasteiger partial charge in [-0.1, -0.05) is 20.4 Å². The third-order valence-corrected chi connectivity index (χ3v) is 5.15. The van der Waals surface area contributed by atoms with E-state index in [-0.39, 0.29) is 0 Å². The van der Waals surface area contributed by atoms with Gasteiger partial charge in [-0.15, -0.1) is 0 Å². The van der Waals surface area contributed by atoms with Crippen LogP contribution in [0.5, 0.6) is 5.75 Å². The van der Waals surface area contributed by atoms with Crippen molar-refractivity contribution in [2.45, 2.75) is 33.1 Å². The Morgan fingerprint density at radius 3 is 2.39 bits per heavy atom. The molecule has 0 atom stereocenters. The molecule has 3 heterocycles. The molecular weight excluding hydrogens is 348 g/mol. The quantitative estimate of drug-likeness (QED) is 0.686. The molecule has 1 aliphatic heterocycles. The predicted molar refractivity (Wildman–Crippen MR) is 118 cm³/mol. The number of hydrogen-bond donors (Lipinski definition) is 1. The molecule has 4 rings (SSSR count). The Morgan fingerprint density at radius 2 is 1.75 bits per heavy atom. The highest BCUT2D eigenvalue weighted by Gasteiger charge is 2.18. The van der Waals surface area contributed by atoms with Crippen molar-refractivity contribution in [3.8, 4) is 11.4 Å². The fraction of sp³-hybridized carbons (Fsp3) is 0.348. The number of likely N-dealkylation sites (tertiary alicyclic amines) is 1. The van der Waals surface area contributed by atoms with Crippen molar-refractivity contribution < 1.29 is 4.74 Å². The van der Waals surface area contributed by atoms with Gasteiger partial charge < -0.3 is 19.9 Å². The Labute approximate surface area is 167 Å². The molecule has 0 saturated carbocycles. The van der Waals surface area contributed by atoms with Gasteiger partial charge >= 0.3 is 0 Å². The number of fused-ring (bicyclic) bond motifs is 1. The number of ether oxygens (including phenoxy) is 1. The van der Waals surface area contributed by atoms with Crippen molar-refractivity contribution >= 4 is 22.4 Å². The van der Waals surface area contributed by atoms with E-state index in [4.69, 9.17) is 15.5 Å². The van der Waals surface area contributed by atoms with Crippen molar-refractivity contribution in [1.82, 2.24) is 14.5 Å². The van der Waals surface area contributed by atoms with Gasteiger partial charge in [-0.05, 0) is 49.6 Å². The number of piperidine rings is 1. The molecule has 148 valence electrons. The summed E-state index contributed by atoms with van der Waals surface area (Å²) in [5.74, 6) is 0.831. The SMILES string of the molecule is C=C(c1cnc2c(ccn2-c2ccc(OC)cc2)c1N)N1CCCCC1.CC. The van der Waals surface area contributed by atoms with Crippen LogP contribution in [0.3, 0.4) is 0 Å². The Balaban J connectivity index is 0.00000109. The molecule has 0 unspecified atom stereocenters. The molecule has 0 radical (unpaired) electrons. The zero-order chi connectivity index (χ0) is 20.1. The topological polar surface area (TPSA) is 56.3 Å². The van der Waals surface area contributed by atoms with Crippen molar-refractivity contribution in [2.24, 2.45) is 0 Å². The van der Waals surface area contributed by atoms with Gasteiger partial charge in [0.2, 0.25) is 0 Å². The molecule has 1 aliphatic rings. The molecule has 5 heteroatoms. The molecular formula is C23H30N4O. The standard InChI is InChI=1S/C21H24N4O.C2H6/c1-15(24-11-4-3-5-12-24)19-14-23-21-18(20(19)22)10-13-25(21)16-6-8-17(26-2)9-7-16;1-2/h6-10,13-14H,1,3-5,11-12H2,2H3,(H2,22,23);1-2H3. The third-order valence-electron chi connectivity index (χ3n) is 5.15. The highest BCUT2D eigenvalue weighted by atomic mass is 16.5. The maximum atomic E-state index is 6.50. The molecule has 1 fully saturated rings. The molecule has 0 aliphatic carbocycles. The fourth-order valence-corrected chi connectivity index (χ4v) is 3.62. The lowest BCUT2D eigenvalue weighted by Crippen LogP contribution is -2.28. The number of nitrogens with zero attached hydrogens (tertiary/aromatic N) is 3. The Kier molecular flexibility index (Phi) is 6.24. The first-order valence-corrected chi connectivity index (χ1v) is 10.0. The van der Waals surface area contributed by atoms with Crippen LogP contribution in [0.4, 0.5) is 5.69 Å². The van der Waals surface area contributed by atoms with Crippen molar-refractivity contribution in [3.63, 3.8) is 0 Å². The van der Waals surface area contributed by atoms with Crippen LogP contribution in [-0.2, 0) is 0 Å². The zero-order valence-corrected chi connectivity index (χ0v) is 17.1. The molecule has 5 nitrogen and oxygen atoms in total. The molecule has 1 aromatic carbocycles. The van der Waals surface area contributed by atoms with Crippen LogP contribution in [0.2, 0.25) is 0 Å². The van der Waals surface area contributed by atoms with Crippen LogP contribution in [0.25, 0.3) is 22.4 Å². The van der Waals surface area contributed by atoms with Gasteiger partial charge in [-0.25, -0.2) is 4.98 Å². The maximum Gasteiger partial charge on any atom is 0.146 e. The van der Waals surface area contributed by atoms with Crippen molar-refractivity contribution in [2.75, 3.05) is 25.9 Å².